The molecule has 0 atom stereocenters. The van der Waals surface area contributed by atoms with Gasteiger partial charge in [0.1, 0.15) is 0 Å². The summed E-state index contributed by atoms with van der Waals surface area (Å²) in [6, 6.07) is 5.63. The number of hydrogen-bond donors (Lipinski definition) is 1. The van der Waals surface area contributed by atoms with Gasteiger partial charge in [0.15, 0.2) is 0 Å². The summed E-state index contributed by atoms with van der Waals surface area (Å²) in [5, 5.41) is 4.08. The maximum Gasteiger partial charge on any atom is 0.416 e. The highest BCUT2D eigenvalue weighted by atomic mass is 32.1. The summed E-state index contributed by atoms with van der Waals surface area (Å²) in [5.74, 6) is 0. The first-order valence-electron chi connectivity index (χ1n) is 6.30. The normalized spacial score (nSPS) is 11.8. The minimum Gasteiger partial charge on any atom is -0.308 e. The first-order chi connectivity index (χ1) is 9.50. The van der Waals surface area contributed by atoms with E-state index in [9.17, 15) is 13.2 Å². The van der Waals surface area contributed by atoms with Gasteiger partial charge >= 0.3 is 6.18 Å². The van der Waals surface area contributed by atoms with Crippen LogP contribution in [0, 0.1) is 0 Å². The van der Waals surface area contributed by atoms with Gasteiger partial charge in [-0.2, -0.15) is 13.2 Å². The van der Waals surface area contributed by atoms with E-state index in [0.717, 1.165) is 22.4 Å². The Kier molecular flexibility index (Phi) is 4.77. The molecule has 0 amide bonds. The number of hydrogen-bond acceptors (Lipinski definition) is 3. The molecule has 0 saturated carbocycles. The molecule has 20 heavy (non-hydrogen) atoms. The van der Waals surface area contributed by atoms with Gasteiger partial charge in [0.05, 0.1) is 10.6 Å². The molecule has 1 aromatic carbocycles. The summed E-state index contributed by atoms with van der Waals surface area (Å²) < 4.78 is 38.4. The summed E-state index contributed by atoms with van der Waals surface area (Å²) in [6.07, 6.45) is -1.66. The fourth-order valence-corrected chi connectivity index (χ4v) is 2.70. The van der Waals surface area contributed by atoms with Crippen LogP contribution in [0.3, 0.4) is 0 Å². The molecular weight excluding hydrogens is 285 g/mol. The third-order valence-electron chi connectivity index (χ3n) is 2.84. The monoisotopic (exact) mass is 300 g/mol. The minimum atomic E-state index is -4.31. The lowest BCUT2D eigenvalue weighted by Crippen LogP contribution is -2.16. The van der Waals surface area contributed by atoms with Crippen LogP contribution in [0.25, 0.3) is 0 Å². The molecule has 6 heteroatoms. The molecule has 0 fully saturated rings. The van der Waals surface area contributed by atoms with Gasteiger partial charge in [-0.3, -0.25) is 0 Å². The lowest BCUT2D eigenvalue weighted by molar-refractivity contribution is -0.138. The molecule has 2 nitrogen and oxygen atoms in total. The second kappa shape index (κ2) is 6.37. The van der Waals surface area contributed by atoms with E-state index >= 15 is 0 Å². The fraction of sp³-hybridized carbons (Fsp3) is 0.357. The lowest BCUT2D eigenvalue weighted by atomic mass is 10.1. The minimum absolute atomic E-state index is 0.190. The zero-order valence-electron chi connectivity index (χ0n) is 11.0. The summed E-state index contributed by atoms with van der Waals surface area (Å²) in [6.45, 7) is 2.74. The van der Waals surface area contributed by atoms with E-state index in [2.05, 4.69) is 10.3 Å². The van der Waals surface area contributed by atoms with Gasteiger partial charge < -0.3 is 5.32 Å². The number of rotatable bonds is 5. The van der Waals surface area contributed by atoms with Gasteiger partial charge in [0.25, 0.3) is 0 Å². The Hall–Kier alpha value is -1.40. The zero-order chi connectivity index (χ0) is 14.6. The van der Waals surface area contributed by atoms with E-state index in [1.807, 2.05) is 6.92 Å². The maximum absolute atomic E-state index is 12.8. The average Bonchev–Trinajstić information content (AvgIpc) is 2.86. The van der Waals surface area contributed by atoms with Crippen LogP contribution in [-0.4, -0.2) is 4.98 Å². The predicted octanol–water partition coefficient (Wildman–Crippen LogP) is 4.01. The second-order valence-electron chi connectivity index (χ2n) is 4.33. The van der Waals surface area contributed by atoms with E-state index in [-0.39, 0.29) is 12.1 Å². The Morgan fingerprint density at radius 2 is 1.95 bits per heavy atom. The van der Waals surface area contributed by atoms with E-state index in [1.54, 1.807) is 23.6 Å². The molecule has 1 heterocycles. The van der Waals surface area contributed by atoms with Crippen LogP contribution >= 0.6 is 11.3 Å². The number of alkyl halides is 3. The molecule has 1 aromatic heterocycles. The molecule has 0 unspecified atom stereocenters. The van der Waals surface area contributed by atoms with Crippen LogP contribution in [0.15, 0.2) is 30.5 Å². The zero-order valence-corrected chi connectivity index (χ0v) is 11.8. The topological polar surface area (TPSA) is 24.9 Å². The summed E-state index contributed by atoms with van der Waals surface area (Å²) in [4.78, 5) is 5.25. The van der Waals surface area contributed by atoms with Crippen molar-refractivity contribution in [1.82, 2.24) is 10.3 Å². The van der Waals surface area contributed by atoms with E-state index in [0.29, 0.717) is 6.54 Å². The molecule has 1 N–H and O–H groups in total. The molecule has 0 aliphatic heterocycles. The number of aryl methyl sites for hydroxylation is 1. The van der Waals surface area contributed by atoms with Crippen molar-refractivity contribution in [3.05, 3.63) is 51.5 Å². The quantitative estimate of drug-likeness (QED) is 0.902. The van der Waals surface area contributed by atoms with Crippen molar-refractivity contribution in [2.75, 3.05) is 0 Å². The summed E-state index contributed by atoms with van der Waals surface area (Å²) in [5.41, 5.74) is -0.314. The third-order valence-corrected chi connectivity index (χ3v) is 3.98. The molecule has 108 valence electrons. The number of halogens is 3. The predicted molar refractivity (Wildman–Crippen MR) is 73.5 cm³/mol. The highest BCUT2D eigenvalue weighted by Gasteiger charge is 2.32. The van der Waals surface area contributed by atoms with Crippen molar-refractivity contribution in [1.29, 1.82) is 0 Å². The SMILES string of the molecule is CCc1ncc(CNCc2ccccc2C(F)(F)F)s1. The average molecular weight is 300 g/mol. The van der Waals surface area contributed by atoms with Crippen LogP contribution in [0.1, 0.15) is 27.9 Å². The third kappa shape index (κ3) is 3.80. The molecular formula is C14H15F3N2S. The van der Waals surface area contributed by atoms with Crippen molar-refractivity contribution in [2.45, 2.75) is 32.6 Å². The highest BCUT2D eigenvalue weighted by molar-refractivity contribution is 7.11. The van der Waals surface area contributed by atoms with Crippen LogP contribution < -0.4 is 5.32 Å². The molecule has 0 saturated heterocycles. The van der Waals surface area contributed by atoms with Crippen LogP contribution in [-0.2, 0) is 25.7 Å². The van der Waals surface area contributed by atoms with Crippen LogP contribution in [0.5, 0.6) is 0 Å². The molecule has 0 aliphatic carbocycles. The number of nitrogens with zero attached hydrogens (tertiary/aromatic N) is 1. The molecule has 0 bridgehead atoms. The first kappa shape index (κ1) is 15.0. The molecule has 2 rings (SSSR count). The largest absolute Gasteiger partial charge is 0.416 e. The summed E-state index contributed by atoms with van der Waals surface area (Å²) >= 11 is 1.58. The molecule has 0 spiro atoms. The van der Waals surface area contributed by atoms with Gasteiger partial charge in [0.2, 0.25) is 0 Å². The standard InChI is InChI=1S/C14H15F3N2S/c1-2-13-19-9-11(20-13)8-18-7-10-5-3-4-6-12(10)14(15,16)17/h3-6,9,18H,2,7-8H2,1H3. The van der Waals surface area contributed by atoms with E-state index < -0.39 is 11.7 Å². The van der Waals surface area contributed by atoms with Crippen molar-refractivity contribution in [3.8, 4) is 0 Å². The Balaban J connectivity index is 1.97. The van der Waals surface area contributed by atoms with Crippen molar-refractivity contribution in [3.63, 3.8) is 0 Å². The number of nitrogens with one attached hydrogen (secondary N) is 1. The fourth-order valence-electron chi connectivity index (χ4n) is 1.86. The Bertz CT molecular complexity index is 564. The Morgan fingerprint density at radius 3 is 2.60 bits per heavy atom. The van der Waals surface area contributed by atoms with Gasteiger partial charge in [-0.25, -0.2) is 4.98 Å². The Morgan fingerprint density at radius 1 is 1.20 bits per heavy atom. The van der Waals surface area contributed by atoms with Gasteiger partial charge in [-0.15, -0.1) is 11.3 Å². The van der Waals surface area contributed by atoms with Crippen LogP contribution in [0.2, 0.25) is 0 Å². The number of thiazole rings is 1. The van der Waals surface area contributed by atoms with Crippen LogP contribution in [0.4, 0.5) is 13.2 Å². The number of benzene rings is 1. The summed E-state index contributed by atoms with van der Waals surface area (Å²) in [7, 11) is 0. The van der Waals surface area contributed by atoms with Crippen molar-refractivity contribution >= 4 is 11.3 Å². The first-order valence-corrected chi connectivity index (χ1v) is 7.11. The van der Waals surface area contributed by atoms with Gasteiger partial charge in [-0.1, -0.05) is 25.1 Å². The maximum atomic E-state index is 12.8. The van der Waals surface area contributed by atoms with Gasteiger partial charge in [0, 0.05) is 24.2 Å². The Labute approximate surface area is 119 Å². The van der Waals surface area contributed by atoms with Crippen molar-refractivity contribution in [2.24, 2.45) is 0 Å². The van der Waals surface area contributed by atoms with E-state index in [4.69, 9.17) is 0 Å². The molecule has 0 aliphatic rings. The van der Waals surface area contributed by atoms with Crippen molar-refractivity contribution < 1.29 is 13.2 Å². The molecule has 2 aromatic rings. The smallest absolute Gasteiger partial charge is 0.308 e. The number of aromatic nitrogens is 1. The second-order valence-corrected chi connectivity index (χ2v) is 5.53. The lowest BCUT2D eigenvalue weighted by Gasteiger charge is -2.12. The molecule has 0 radical (unpaired) electrons. The van der Waals surface area contributed by atoms with Gasteiger partial charge in [-0.05, 0) is 18.1 Å². The highest BCUT2D eigenvalue weighted by Crippen LogP contribution is 2.31. The van der Waals surface area contributed by atoms with E-state index in [1.165, 1.54) is 12.1 Å².